The summed E-state index contributed by atoms with van der Waals surface area (Å²) >= 11 is 6.44. The van der Waals surface area contributed by atoms with E-state index in [1.165, 1.54) is 12.3 Å². The number of ether oxygens (including phenoxy) is 2. The summed E-state index contributed by atoms with van der Waals surface area (Å²) in [4.78, 5) is 20.4. The average molecular weight is 560 g/mol. The maximum absolute atomic E-state index is 14.9. The number of aromatic nitrogens is 3. The van der Waals surface area contributed by atoms with E-state index in [2.05, 4.69) is 40.2 Å². The molecule has 2 N–H and O–H groups in total. The number of anilines is 1. The highest BCUT2D eigenvalue weighted by molar-refractivity contribution is 6.76. The standard InChI is InChI=1S/C26H28ClF2N5O3Si/c1-38(2,3)11-10-36-16-34-15-19(27)23-22(6-9-31-25(23)34)37-24-20(28)12-18(13-21(24)29)33-26(35)32-14-17-4-7-30-8-5-17/h4-9,12-13,15H,10-11,14,16H2,1-3H3,(H2,32,33,35)/q-1. The highest BCUT2D eigenvalue weighted by Crippen LogP contribution is 2.37. The molecule has 0 fully saturated rings. The van der Waals surface area contributed by atoms with Crippen LogP contribution in [0.4, 0.5) is 19.3 Å². The van der Waals surface area contributed by atoms with Crippen LogP contribution in [-0.2, 0) is 18.0 Å². The molecule has 1 aromatic carbocycles. The Morgan fingerprint density at radius 1 is 1.11 bits per heavy atom. The smallest absolute Gasteiger partial charge is 0.319 e. The van der Waals surface area contributed by atoms with E-state index in [-0.39, 0.29) is 24.7 Å². The van der Waals surface area contributed by atoms with Gasteiger partial charge in [-0.1, -0.05) is 11.6 Å². The van der Waals surface area contributed by atoms with Crippen molar-refractivity contribution in [2.24, 2.45) is 0 Å². The number of halogens is 3. The van der Waals surface area contributed by atoms with Crippen LogP contribution in [0.5, 0.6) is 11.5 Å². The maximum Gasteiger partial charge on any atom is 0.319 e. The highest BCUT2D eigenvalue weighted by Gasteiger charge is 2.19. The molecular formula is C26H28ClF2N5O3Si-. The molecule has 0 saturated carbocycles. The molecule has 0 aliphatic heterocycles. The third-order valence-electron chi connectivity index (χ3n) is 5.57. The van der Waals surface area contributed by atoms with Gasteiger partial charge in [-0.2, -0.15) is 19.6 Å². The van der Waals surface area contributed by atoms with Gasteiger partial charge in [-0.15, -0.1) is 14.1 Å². The summed E-state index contributed by atoms with van der Waals surface area (Å²) in [5.41, 5.74) is 1.22. The van der Waals surface area contributed by atoms with Gasteiger partial charge < -0.3 is 24.7 Å². The monoisotopic (exact) mass is 559 g/mol. The normalized spacial score (nSPS) is 11.5. The third kappa shape index (κ3) is 7.06. The van der Waals surface area contributed by atoms with Crippen molar-refractivity contribution in [3.63, 3.8) is 0 Å². The number of hydrogen-bond donors (Lipinski definition) is 2. The van der Waals surface area contributed by atoms with Crippen LogP contribution in [0, 0.1) is 11.6 Å². The van der Waals surface area contributed by atoms with Gasteiger partial charge in [0.1, 0.15) is 18.1 Å². The van der Waals surface area contributed by atoms with E-state index in [9.17, 15) is 13.6 Å². The molecule has 201 valence electrons. The highest BCUT2D eigenvalue weighted by atomic mass is 35.5. The van der Waals surface area contributed by atoms with Crippen molar-refractivity contribution in [3.05, 3.63) is 77.3 Å². The average Bonchev–Trinajstić information content (AvgIpc) is 3.19. The van der Waals surface area contributed by atoms with Gasteiger partial charge in [0.05, 0.1) is 10.4 Å². The number of urea groups is 1. The lowest BCUT2D eigenvalue weighted by molar-refractivity contribution is 0.0899. The second kappa shape index (κ2) is 11.9. The van der Waals surface area contributed by atoms with Crippen LogP contribution in [0.3, 0.4) is 0 Å². The molecule has 38 heavy (non-hydrogen) atoms. The van der Waals surface area contributed by atoms with Crippen molar-refractivity contribution in [1.82, 2.24) is 19.9 Å². The minimum Gasteiger partial charge on any atom is -0.450 e. The quantitative estimate of drug-likeness (QED) is 0.165. The zero-order valence-electron chi connectivity index (χ0n) is 21.2. The van der Waals surface area contributed by atoms with Crippen molar-refractivity contribution in [1.29, 1.82) is 0 Å². The van der Waals surface area contributed by atoms with Gasteiger partial charge in [0.25, 0.3) is 0 Å². The second-order valence-corrected chi connectivity index (χ2v) is 15.9. The molecule has 0 aliphatic carbocycles. The Balaban J connectivity index is 1.46. The van der Waals surface area contributed by atoms with Gasteiger partial charge in [0.15, 0.2) is 17.4 Å². The van der Waals surface area contributed by atoms with Crippen LogP contribution in [0.15, 0.2) is 55.1 Å². The lowest BCUT2D eigenvalue weighted by Gasteiger charge is -2.26. The van der Waals surface area contributed by atoms with Gasteiger partial charge in [-0.25, -0.2) is 18.6 Å². The van der Waals surface area contributed by atoms with Crippen LogP contribution in [0.25, 0.3) is 11.0 Å². The summed E-state index contributed by atoms with van der Waals surface area (Å²) in [5.74, 6) is -2.49. The number of nitrogens with zero attached hydrogens (tertiary/aromatic N) is 3. The topological polar surface area (TPSA) is 90.3 Å². The summed E-state index contributed by atoms with van der Waals surface area (Å²) < 4.78 is 42.9. The first kappa shape index (κ1) is 27.5. The molecule has 0 saturated heterocycles. The number of rotatable bonds is 10. The Morgan fingerprint density at radius 2 is 1.82 bits per heavy atom. The molecular weight excluding hydrogens is 532 g/mol. The summed E-state index contributed by atoms with van der Waals surface area (Å²) in [6.07, 6.45) is 6.30. The van der Waals surface area contributed by atoms with Crippen molar-refractivity contribution in [3.8, 4) is 11.5 Å². The number of amides is 2. The summed E-state index contributed by atoms with van der Waals surface area (Å²) in [7, 11) is -1.23. The summed E-state index contributed by atoms with van der Waals surface area (Å²) in [6, 6.07) is 7.29. The van der Waals surface area contributed by atoms with Crippen LogP contribution in [-0.4, -0.2) is 35.2 Å². The van der Waals surface area contributed by atoms with Gasteiger partial charge in [-0.3, -0.25) is 4.98 Å². The summed E-state index contributed by atoms with van der Waals surface area (Å²) in [6.45, 7) is 7.87. The number of hydrogen-bond acceptors (Lipinski definition) is 5. The van der Waals surface area contributed by atoms with E-state index in [4.69, 9.17) is 21.1 Å². The van der Waals surface area contributed by atoms with E-state index < -0.39 is 31.5 Å². The number of carbonyl (C=O) groups excluding carboxylic acids is 1. The molecule has 3 heterocycles. The van der Waals surface area contributed by atoms with Crippen LogP contribution in [0.1, 0.15) is 5.56 Å². The fraction of sp³-hybridized carbons (Fsp3) is 0.269. The van der Waals surface area contributed by atoms with Gasteiger partial charge in [-0.05, 0) is 23.8 Å². The molecule has 8 nitrogen and oxygen atoms in total. The molecule has 4 rings (SSSR count). The first-order chi connectivity index (χ1) is 18.1. The van der Waals surface area contributed by atoms with Crippen LogP contribution < -0.4 is 15.4 Å². The number of pyridine rings is 2. The number of benzene rings is 1. The van der Waals surface area contributed by atoms with E-state index in [0.29, 0.717) is 22.7 Å². The molecule has 0 bridgehead atoms. The van der Waals surface area contributed by atoms with E-state index >= 15 is 0 Å². The molecule has 0 aliphatic rings. The molecule has 3 aromatic heterocycles. The van der Waals surface area contributed by atoms with E-state index in [1.54, 1.807) is 35.3 Å². The second-order valence-electron chi connectivity index (χ2n) is 9.84. The molecule has 2 amide bonds. The maximum atomic E-state index is 14.9. The predicted octanol–water partition coefficient (Wildman–Crippen LogP) is 6.79. The third-order valence-corrected chi connectivity index (χ3v) is 7.56. The van der Waals surface area contributed by atoms with E-state index in [1.807, 2.05) is 0 Å². The Bertz CT molecular complexity index is 1410. The van der Waals surface area contributed by atoms with Crippen molar-refractivity contribution in [2.75, 3.05) is 11.9 Å². The minimum absolute atomic E-state index is 0.0703. The van der Waals surface area contributed by atoms with Gasteiger partial charge in [0.2, 0.25) is 0 Å². The first-order valence-electron chi connectivity index (χ1n) is 11.9. The summed E-state index contributed by atoms with van der Waals surface area (Å²) in [5, 5.41) is 5.73. The molecule has 0 spiro atoms. The zero-order chi connectivity index (χ0) is 27.3. The van der Waals surface area contributed by atoms with Crippen LogP contribution >= 0.6 is 11.6 Å². The zero-order valence-corrected chi connectivity index (χ0v) is 23.0. The number of fused-ring (bicyclic) bond motifs is 1. The fourth-order valence-electron chi connectivity index (χ4n) is 3.56. The molecule has 4 aromatic rings. The largest absolute Gasteiger partial charge is 0.450 e. The molecule has 0 unspecified atom stereocenters. The Morgan fingerprint density at radius 3 is 2.50 bits per heavy atom. The predicted molar refractivity (Wildman–Crippen MR) is 145 cm³/mol. The van der Waals surface area contributed by atoms with E-state index in [0.717, 1.165) is 23.7 Å². The Labute approximate surface area is 225 Å². The first-order valence-corrected chi connectivity index (χ1v) is 16.0. The molecule has 0 atom stereocenters. The lowest BCUT2D eigenvalue weighted by atomic mass is 10.2. The van der Waals surface area contributed by atoms with Crippen molar-refractivity contribution >= 4 is 42.4 Å². The number of nitrogens with one attached hydrogen (secondary N) is 2. The minimum atomic E-state index is -1.23. The fourth-order valence-corrected chi connectivity index (χ4v) is 4.61. The lowest BCUT2D eigenvalue weighted by Crippen LogP contribution is -2.28. The van der Waals surface area contributed by atoms with Gasteiger partial charge >= 0.3 is 6.03 Å². The van der Waals surface area contributed by atoms with Crippen molar-refractivity contribution in [2.45, 2.75) is 39.0 Å². The van der Waals surface area contributed by atoms with Crippen LogP contribution in [0.2, 0.25) is 30.7 Å². The van der Waals surface area contributed by atoms with Gasteiger partial charge in [0, 0.05) is 55.8 Å². The molecule has 0 radical (unpaired) electrons. The van der Waals surface area contributed by atoms with Crippen molar-refractivity contribution < 1.29 is 23.0 Å². The Kier molecular flexibility index (Phi) is 8.60. The SMILES string of the molecule is C[Si-](C)(C)CCOCn1cc(Cl)c2c(Oc3c(F)cc(NC(=O)NCc4ccncc4)cc3F)ccnc21. The molecule has 12 heteroatoms. The Hall–Kier alpha value is -3.54. The number of carbonyl (C=O) groups is 1.